The van der Waals surface area contributed by atoms with Gasteiger partial charge in [0.15, 0.2) is 0 Å². The van der Waals surface area contributed by atoms with Crippen molar-refractivity contribution < 1.29 is 14.2 Å². The zero-order chi connectivity index (χ0) is 14.7. The summed E-state index contributed by atoms with van der Waals surface area (Å²) in [6, 6.07) is 6.76. The number of ether oxygens (including phenoxy) is 3. The second-order valence-corrected chi connectivity index (χ2v) is 6.16. The van der Waals surface area contributed by atoms with E-state index in [0.717, 1.165) is 56.8 Å². The number of methoxy groups -OCH3 is 1. The van der Waals surface area contributed by atoms with Gasteiger partial charge in [0.05, 0.1) is 12.7 Å². The largest absolute Gasteiger partial charge is 0.496 e. The van der Waals surface area contributed by atoms with Crippen LogP contribution < -0.4 is 10.1 Å². The van der Waals surface area contributed by atoms with Crippen molar-refractivity contribution in [3.05, 3.63) is 23.8 Å². The molecule has 0 amide bonds. The molecule has 1 N–H and O–H groups in total. The fourth-order valence-electron chi connectivity index (χ4n) is 3.45. The highest BCUT2D eigenvalue weighted by atomic mass is 16.5. The first kappa shape index (κ1) is 14.7. The Bertz CT molecular complexity index is 477. The molecular weight excluding hydrogens is 266 g/mol. The molecule has 0 aromatic heterocycles. The number of hydrogen-bond acceptors (Lipinski definition) is 4. The third kappa shape index (κ3) is 3.33. The molecule has 4 heteroatoms. The molecule has 4 nitrogen and oxygen atoms in total. The van der Waals surface area contributed by atoms with Gasteiger partial charge in [0.2, 0.25) is 0 Å². The average molecular weight is 291 g/mol. The molecule has 2 saturated heterocycles. The maximum absolute atomic E-state index is 6.09. The molecule has 116 valence electrons. The van der Waals surface area contributed by atoms with E-state index < -0.39 is 0 Å². The zero-order valence-electron chi connectivity index (χ0n) is 13.0. The van der Waals surface area contributed by atoms with Crippen molar-refractivity contribution in [1.29, 1.82) is 0 Å². The highest BCUT2D eigenvalue weighted by molar-refractivity contribution is 5.51. The molecule has 1 unspecified atom stereocenters. The second-order valence-electron chi connectivity index (χ2n) is 6.16. The Kier molecular flexibility index (Phi) is 4.36. The second kappa shape index (κ2) is 6.24. The molecule has 0 saturated carbocycles. The highest BCUT2D eigenvalue weighted by Gasteiger charge is 2.38. The molecule has 0 aliphatic carbocycles. The topological polar surface area (TPSA) is 39.7 Å². The van der Waals surface area contributed by atoms with Crippen molar-refractivity contribution in [2.24, 2.45) is 0 Å². The van der Waals surface area contributed by atoms with Gasteiger partial charge in [-0.2, -0.15) is 0 Å². The van der Waals surface area contributed by atoms with Gasteiger partial charge in [-0.1, -0.05) is 0 Å². The minimum absolute atomic E-state index is 0.0374. The molecule has 1 atom stereocenters. The lowest BCUT2D eigenvalue weighted by molar-refractivity contribution is -0.135. The number of nitrogens with one attached hydrogen (secondary N) is 1. The van der Waals surface area contributed by atoms with Crippen LogP contribution >= 0.6 is 0 Å². The van der Waals surface area contributed by atoms with E-state index in [0.29, 0.717) is 6.04 Å². The summed E-state index contributed by atoms with van der Waals surface area (Å²) in [6.07, 6.45) is 4.18. The van der Waals surface area contributed by atoms with Crippen LogP contribution in [0.15, 0.2) is 18.2 Å². The molecule has 2 aliphatic heterocycles. The van der Waals surface area contributed by atoms with Crippen LogP contribution in [-0.4, -0.2) is 38.6 Å². The molecule has 1 spiro atoms. The van der Waals surface area contributed by atoms with E-state index in [1.165, 1.54) is 5.69 Å². The van der Waals surface area contributed by atoms with E-state index in [1.807, 2.05) is 6.07 Å². The molecular formula is C17H25NO3. The summed E-state index contributed by atoms with van der Waals surface area (Å²) in [4.78, 5) is 0. The van der Waals surface area contributed by atoms with Gasteiger partial charge in [0.1, 0.15) is 5.75 Å². The van der Waals surface area contributed by atoms with Gasteiger partial charge < -0.3 is 19.5 Å². The molecule has 2 fully saturated rings. The summed E-state index contributed by atoms with van der Waals surface area (Å²) in [5.41, 5.74) is 2.37. The number of hydrogen-bond donors (Lipinski definition) is 1. The Hall–Kier alpha value is -1.26. The van der Waals surface area contributed by atoms with Crippen molar-refractivity contribution in [3.8, 4) is 5.75 Å². The van der Waals surface area contributed by atoms with Crippen LogP contribution in [0.4, 0.5) is 5.69 Å². The monoisotopic (exact) mass is 291 g/mol. The van der Waals surface area contributed by atoms with Crippen molar-refractivity contribution in [2.75, 3.05) is 32.2 Å². The smallest absolute Gasteiger partial charge is 0.121 e. The molecule has 3 rings (SSSR count). The minimum atomic E-state index is 0.0374. The first-order chi connectivity index (χ1) is 10.2. The van der Waals surface area contributed by atoms with Gasteiger partial charge in [0, 0.05) is 31.5 Å². The van der Waals surface area contributed by atoms with Crippen LogP contribution in [0, 0.1) is 6.92 Å². The highest BCUT2D eigenvalue weighted by Crippen LogP contribution is 2.35. The fourth-order valence-corrected chi connectivity index (χ4v) is 3.45. The van der Waals surface area contributed by atoms with E-state index in [9.17, 15) is 0 Å². The van der Waals surface area contributed by atoms with Gasteiger partial charge >= 0.3 is 0 Å². The van der Waals surface area contributed by atoms with E-state index in [1.54, 1.807) is 7.11 Å². The van der Waals surface area contributed by atoms with Crippen LogP contribution in [0.25, 0.3) is 0 Å². The summed E-state index contributed by atoms with van der Waals surface area (Å²) in [7, 11) is 1.71. The maximum Gasteiger partial charge on any atom is 0.121 e. The normalized spacial score (nSPS) is 24.8. The summed E-state index contributed by atoms with van der Waals surface area (Å²) >= 11 is 0. The van der Waals surface area contributed by atoms with Crippen LogP contribution in [0.5, 0.6) is 5.75 Å². The first-order valence-electron chi connectivity index (χ1n) is 7.84. The van der Waals surface area contributed by atoms with Crippen molar-refractivity contribution in [3.63, 3.8) is 0 Å². The van der Waals surface area contributed by atoms with Gasteiger partial charge in [0.25, 0.3) is 0 Å². The predicted octanol–water partition coefficient (Wildman–Crippen LogP) is 3.14. The molecule has 2 aliphatic rings. The molecule has 0 bridgehead atoms. The predicted molar refractivity (Wildman–Crippen MR) is 83.1 cm³/mol. The van der Waals surface area contributed by atoms with E-state index in [4.69, 9.17) is 14.2 Å². The molecule has 21 heavy (non-hydrogen) atoms. The van der Waals surface area contributed by atoms with Gasteiger partial charge in [-0.3, -0.25) is 0 Å². The summed E-state index contributed by atoms with van der Waals surface area (Å²) in [6.45, 7) is 4.57. The van der Waals surface area contributed by atoms with Gasteiger partial charge in [-0.15, -0.1) is 0 Å². The molecule has 1 aromatic carbocycles. The third-order valence-electron chi connectivity index (χ3n) is 4.66. The van der Waals surface area contributed by atoms with Crippen LogP contribution in [0.2, 0.25) is 0 Å². The number of anilines is 1. The minimum Gasteiger partial charge on any atom is -0.496 e. The van der Waals surface area contributed by atoms with Gasteiger partial charge in [-0.05, 0) is 56.4 Å². The van der Waals surface area contributed by atoms with Crippen molar-refractivity contribution in [2.45, 2.75) is 44.2 Å². The Morgan fingerprint density at radius 3 is 2.76 bits per heavy atom. The van der Waals surface area contributed by atoms with E-state index >= 15 is 0 Å². The maximum atomic E-state index is 6.09. The lowest BCUT2D eigenvalue weighted by atomic mass is 9.84. The Labute approximate surface area is 126 Å². The van der Waals surface area contributed by atoms with E-state index in [-0.39, 0.29) is 5.60 Å². The standard InChI is InChI=1S/C17H25NO3/c1-13-11-14(3-4-16(13)19-2)18-15-5-8-21-17(12-15)6-9-20-10-7-17/h3-4,11,15,18H,5-10,12H2,1-2H3. The number of rotatable bonds is 3. The first-order valence-corrected chi connectivity index (χ1v) is 7.84. The SMILES string of the molecule is COc1ccc(NC2CCOC3(CCOCC3)C2)cc1C. The summed E-state index contributed by atoms with van der Waals surface area (Å²) < 4.78 is 16.9. The Morgan fingerprint density at radius 2 is 2.05 bits per heavy atom. The Balaban J connectivity index is 1.65. The number of benzene rings is 1. The van der Waals surface area contributed by atoms with Crippen molar-refractivity contribution in [1.82, 2.24) is 0 Å². The summed E-state index contributed by atoms with van der Waals surface area (Å²) in [5.74, 6) is 0.938. The molecule has 0 radical (unpaired) electrons. The van der Waals surface area contributed by atoms with E-state index in [2.05, 4.69) is 24.4 Å². The lowest BCUT2D eigenvalue weighted by Crippen LogP contribution is -2.47. The summed E-state index contributed by atoms with van der Waals surface area (Å²) in [5, 5.41) is 3.67. The fraction of sp³-hybridized carbons (Fsp3) is 0.647. The van der Waals surface area contributed by atoms with Crippen LogP contribution in [0.1, 0.15) is 31.2 Å². The average Bonchev–Trinajstić information content (AvgIpc) is 2.48. The molecule has 1 aromatic rings. The van der Waals surface area contributed by atoms with Crippen LogP contribution in [0.3, 0.4) is 0 Å². The Morgan fingerprint density at radius 1 is 1.24 bits per heavy atom. The van der Waals surface area contributed by atoms with Crippen molar-refractivity contribution >= 4 is 5.69 Å². The quantitative estimate of drug-likeness (QED) is 0.928. The number of aryl methyl sites for hydroxylation is 1. The zero-order valence-corrected chi connectivity index (χ0v) is 13.0. The third-order valence-corrected chi connectivity index (χ3v) is 4.66. The molecule has 2 heterocycles. The lowest BCUT2D eigenvalue weighted by Gasteiger charge is -2.43. The van der Waals surface area contributed by atoms with Gasteiger partial charge in [-0.25, -0.2) is 0 Å². The van der Waals surface area contributed by atoms with Crippen LogP contribution in [-0.2, 0) is 9.47 Å².